The molecule has 1 heterocycles. The van der Waals surface area contributed by atoms with Gasteiger partial charge in [-0.3, -0.25) is 0 Å². The summed E-state index contributed by atoms with van der Waals surface area (Å²) < 4.78 is -0.178. The predicted octanol–water partition coefficient (Wildman–Crippen LogP) is 4.39. The molecule has 1 aliphatic carbocycles. The van der Waals surface area contributed by atoms with Gasteiger partial charge in [-0.2, -0.15) is 0 Å². The minimum Gasteiger partial charge on any atom is -0.411 e. The van der Waals surface area contributed by atoms with Crippen molar-refractivity contribution in [1.29, 1.82) is 0 Å². The van der Waals surface area contributed by atoms with Crippen LogP contribution in [0.1, 0.15) is 46.0 Å². The van der Waals surface area contributed by atoms with Gasteiger partial charge in [0.05, 0.1) is 11.1 Å². The number of rotatable bonds is 2. The predicted molar refractivity (Wildman–Crippen MR) is 70.2 cm³/mol. The Morgan fingerprint density at radius 3 is 2.56 bits per heavy atom. The molecule has 1 fully saturated rings. The lowest BCUT2D eigenvalue weighted by Gasteiger charge is -2.38. The lowest BCUT2D eigenvalue weighted by molar-refractivity contribution is -0.151. The fourth-order valence-corrected chi connectivity index (χ4v) is 3.29. The summed E-state index contributed by atoms with van der Waals surface area (Å²) in [5.41, 5.74) is 0. The first-order chi connectivity index (χ1) is 7.50. The summed E-state index contributed by atoms with van der Waals surface area (Å²) in [7, 11) is 0. The molecule has 1 aliphatic heterocycles. The Kier molecular flexibility index (Phi) is 3.87. The van der Waals surface area contributed by atoms with Crippen LogP contribution in [0.5, 0.6) is 0 Å². The van der Waals surface area contributed by atoms with Crippen LogP contribution in [0.2, 0.25) is 0 Å². The van der Waals surface area contributed by atoms with E-state index in [9.17, 15) is 0 Å². The van der Waals surface area contributed by atoms with Crippen molar-refractivity contribution in [2.45, 2.75) is 56.4 Å². The van der Waals surface area contributed by atoms with Gasteiger partial charge in [0.25, 0.3) is 0 Å². The van der Waals surface area contributed by atoms with Crippen LogP contribution in [0.15, 0.2) is 11.3 Å². The highest BCUT2D eigenvalue weighted by Crippen LogP contribution is 2.41. The second-order valence-electron chi connectivity index (χ2n) is 5.19. The zero-order valence-corrected chi connectivity index (χ0v) is 12.2. The molecule has 0 saturated heterocycles. The lowest BCUT2D eigenvalue weighted by atomic mass is 9.83. The summed E-state index contributed by atoms with van der Waals surface area (Å²) in [4.78, 5) is 5.59. The Morgan fingerprint density at radius 1 is 1.38 bits per heavy atom. The van der Waals surface area contributed by atoms with E-state index in [1.165, 1.54) is 32.1 Å². The Morgan fingerprint density at radius 2 is 2.00 bits per heavy atom. The van der Waals surface area contributed by atoms with E-state index in [1.807, 2.05) is 5.06 Å². The van der Waals surface area contributed by atoms with Crippen LogP contribution in [0.25, 0.3) is 0 Å². The molecule has 4 heteroatoms. The summed E-state index contributed by atoms with van der Waals surface area (Å²) in [6.45, 7) is 4.18. The van der Waals surface area contributed by atoms with E-state index in [0.29, 0.717) is 5.92 Å². The number of halogens is 2. The van der Waals surface area contributed by atoms with Crippen molar-refractivity contribution in [3.05, 3.63) is 11.3 Å². The second kappa shape index (κ2) is 4.87. The maximum absolute atomic E-state index is 6.29. The highest BCUT2D eigenvalue weighted by Gasteiger charge is 2.42. The Labute approximate surface area is 111 Å². The average Bonchev–Trinajstić information content (AvgIpc) is 2.61. The standard InChI is InChI=1S/C12H19BrClNO/c1-12(2,13)15-11(10(14)8-16-15)9-6-4-3-5-7-9/h8-9,11H,3-7H2,1-2H3. The average molecular weight is 309 g/mol. The van der Waals surface area contributed by atoms with Gasteiger partial charge in [0.15, 0.2) is 0 Å². The Bertz CT molecular complexity index is 281. The van der Waals surface area contributed by atoms with Crippen molar-refractivity contribution in [3.63, 3.8) is 0 Å². The summed E-state index contributed by atoms with van der Waals surface area (Å²) in [6.07, 6.45) is 8.21. The Hall–Kier alpha value is 0.270. The van der Waals surface area contributed by atoms with Crippen molar-refractivity contribution >= 4 is 27.5 Å². The molecule has 0 radical (unpaired) electrons. The smallest absolute Gasteiger partial charge is 0.127 e. The molecule has 0 bridgehead atoms. The molecule has 1 saturated carbocycles. The van der Waals surface area contributed by atoms with Gasteiger partial charge in [0.2, 0.25) is 0 Å². The maximum Gasteiger partial charge on any atom is 0.127 e. The van der Waals surface area contributed by atoms with Crippen molar-refractivity contribution in [1.82, 2.24) is 5.06 Å². The van der Waals surface area contributed by atoms with Crippen LogP contribution in [0, 0.1) is 5.92 Å². The van der Waals surface area contributed by atoms with Gasteiger partial charge in [0.1, 0.15) is 10.7 Å². The van der Waals surface area contributed by atoms with Crippen molar-refractivity contribution in [2.24, 2.45) is 5.92 Å². The van der Waals surface area contributed by atoms with Gasteiger partial charge < -0.3 is 4.84 Å². The molecule has 0 N–H and O–H groups in total. The Balaban J connectivity index is 2.12. The molecule has 0 aromatic carbocycles. The van der Waals surface area contributed by atoms with Crippen LogP contribution < -0.4 is 0 Å². The van der Waals surface area contributed by atoms with Crippen molar-refractivity contribution < 1.29 is 4.84 Å². The normalized spacial score (nSPS) is 29.0. The minimum absolute atomic E-state index is 0.178. The second-order valence-corrected chi connectivity index (χ2v) is 7.56. The van der Waals surface area contributed by atoms with Gasteiger partial charge >= 0.3 is 0 Å². The first kappa shape index (κ1) is 12.7. The largest absolute Gasteiger partial charge is 0.411 e. The van der Waals surface area contributed by atoms with E-state index in [-0.39, 0.29) is 10.5 Å². The number of hydrogen-bond donors (Lipinski definition) is 0. The van der Waals surface area contributed by atoms with Crippen LogP contribution in [-0.2, 0) is 4.84 Å². The zero-order chi connectivity index (χ0) is 11.8. The number of alkyl halides is 1. The van der Waals surface area contributed by atoms with Gasteiger partial charge in [-0.15, -0.1) is 5.06 Å². The highest BCUT2D eigenvalue weighted by molar-refractivity contribution is 9.10. The van der Waals surface area contributed by atoms with Crippen molar-refractivity contribution in [3.8, 4) is 0 Å². The quantitative estimate of drug-likeness (QED) is 0.554. The van der Waals surface area contributed by atoms with E-state index in [4.69, 9.17) is 16.4 Å². The summed E-state index contributed by atoms with van der Waals surface area (Å²) in [5, 5.41) is 2.84. The molecule has 0 aromatic heterocycles. The molecular formula is C12H19BrClNO. The van der Waals surface area contributed by atoms with E-state index in [0.717, 1.165) is 5.03 Å². The first-order valence-electron chi connectivity index (χ1n) is 6.01. The molecule has 0 aromatic rings. The van der Waals surface area contributed by atoms with E-state index >= 15 is 0 Å². The first-order valence-corrected chi connectivity index (χ1v) is 7.18. The molecule has 1 unspecified atom stereocenters. The SMILES string of the molecule is CC(C)(Br)N1OC=C(Cl)C1C1CCCCC1. The van der Waals surface area contributed by atoms with Crippen LogP contribution in [0.4, 0.5) is 0 Å². The monoisotopic (exact) mass is 307 g/mol. The molecule has 2 nitrogen and oxygen atoms in total. The number of hydrogen-bond acceptors (Lipinski definition) is 2. The molecule has 16 heavy (non-hydrogen) atoms. The molecule has 0 amide bonds. The van der Waals surface area contributed by atoms with Crippen LogP contribution >= 0.6 is 27.5 Å². The highest BCUT2D eigenvalue weighted by atomic mass is 79.9. The van der Waals surface area contributed by atoms with Gasteiger partial charge in [-0.05, 0) is 32.6 Å². The fourth-order valence-electron chi connectivity index (χ4n) is 2.68. The molecule has 92 valence electrons. The van der Waals surface area contributed by atoms with E-state index in [1.54, 1.807) is 6.26 Å². The van der Waals surface area contributed by atoms with Gasteiger partial charge in [-0.25, -0.2) is 0 Å². The molecule has 0 spiro atoms. The zero-order valence-electron chi connectivity index (χ0n) is 9.88. The summed E-state index contributed by atoms with van der Waals surface area (Å²) >= 11 is 9.93. The molecule has 2 aliphatic rings. The summed E-state index contributed by atoms with van der Waals surface area (Å²) in [5.74, 6) is 0.636. The third kappa shape index (κ3) is 2.57. The molecule has 2 rings (SSSR count). The maximum atomic E-state index is 6.29. The summed E-state index contributed by atoms with van der Waals surface area (Å²) in [6, 6.07) is 0.233. The van der Waals surface area contributed by atoms with Gasteiger partial charge in [0, 0.05) is 0 Å². The number of hydroxylamine groups is 2. The van der Waals surface area contributed by atoms with Crippen LogP contribution in [-0.4, -0.2) is 15.6 Å². The third-order valence-corrected chi connectivity index (χ3v) is 4.10. The van der Waals surface area contributed by atoms with E-state index in [2.05, 4.69) is 29.8 Å². The van der Waals surface area contributed by atoms with E-state index < -0.39 is 0 Å². The topological polar surface area (TPSA) is 12.5 Å². The lowest BCUT2D eigenvalue weighted by Crippen LogP contribution is -2.46. The minimum atomic E-state index is -0.178. The van der Waals surface area contributed by atoms with Crippen LogP contribution in [0.3, 0.4) is 0 Å². The van der Waals surface area contributed by atoms with Crippen molar-refractivity contribution in [2.75, 3.05) is 0 Å². The third-order valence-electron chi connectivity index (χ3n) is 3.43. The fraction of sp³-hybridized carbons (Fsp3) is 0.833. The van der Waals surface area contributed by atoms with Gasteiger partial charge in [-0.1, -0.05) is 46.8 Å². The molecular weight excluding hydrogens is 289 g/mol. The molecule has 1 atom stereocenters. The number of nitrogens with zero attached hydrogens (tertiary/aromatic N) is 1.